The average molecular weight is 313 g/mol. The first-order chi connectivity index (χ1) is 10.0. The Morgan fingerprint density at radius 3 is 2.81 bits per heavy atom. The molecule has 1 saturated carbocycles. The summed E-state index contributed by atoms with van der Waals surface area (Å²) in [4.78, 5) is 4.13. The molecule has 6 nitrogen and oxygen atoms in total. The quantitative estimate of drug-likeness (QED) is 0.724. The van der Waals surface area contributed by atoms with Crippen molar-refractivity contribution in [1.29, 1.82) is 0 Å². The van der Waals surface area contributed by atoms with Gasteiger partial charge in [-0.3, -0.25) is 4.98 Å². The van der Waals surface area contributed by atoms with Crippen LogP contribution < -0.4 is 10.0 Å². The minimum atomic E-state index is -3.55. The number of nitrogens with one attached hydrogen (secondary N) is 2. The van der Waals surface area contributed by atoms with Gasteiger partial charge in [-0.05, 0) is 37.7 Å². The molecule has 1 fully saturated rings. The maximum Gasteiger partial charge on any atom is 0.244 e. The van der Waals surface area contributed by atoms with Gasteiger partial charge in [0.1, 0.15) is 4.90 Å². The van der Waals surface area contributed by atoms with Crippen molar-refractivity contribution in [2.24, 2.45) is 5.41 Å². The van der Waals surface area contributed by atoms with E-state index in [2.05, 4.69) is 15.0 Å². The maximum absolute atomic E-state index is 12.5. The van der Waals surface area contributed by atoms with Gasteiger partial charge in [0.05, 0.1) is 5.69 Å². The highest BCUT2D eigenvalue weighted by molar-refractivity contribution is 7.89. The van der Waals surface area contributed by atoms with Crippen molar-refractivity contribution in [2.75, 3.05) is 32.1 Å². The summed E-state index contributed by atoms with van der Waals surface area (Å²) < 4.78 is 32.7. The highest BCUT2D eigenvalue weighted by Gasteiger charge is 2.42. The summed E-state index contributed by atoms with van der Waals surface area (Å²) in [6.07, 6.45) is 5.95. The van der Waals surface area contributed by atoms with Crippen LogP contribution in [0, 0.1) is 5.41 Å². The summed E-state index contributed by atoms with van der Waals surface area (Å²) in [5.41, 5.74) is 0.658. The Bertz CT molecular complexity index is 571. The lowest BCUT2D eigenvalue weighted by Gasteiger charge is -2.17. The van der Waals surface area contributed by atoms with Crippen molar-refractivity contribution >= 4 is 15.7 Å². The number of ether oxygens (including phenoxy) is 1. The van der Waals surface area contributed by atoms with E-state index < -0.39 is 10.0 Å². The van der Waals surface area contributed by atoms with Crippen molar-refractivity contribution < 1.29 is 13.2 Å². The lowest BCUT2D eigenvalue weighted by atomic mass is 10.0. The molecule has 21 heavy (non-hydrogen) atoms. The molecule has 1 heterocycles. The summed E-state index contributed by atoms with van der Waals surface area (Å²) in [5, 5.41) is 3.05. The van der Waals surface area contributed by atoms with Gasteiger partial charge in [-0.25, -0.2) is 13.1 Å². The number of methoxy groups -OCH3 is 1. The Morgan fingerprint density at radius 1 is 1.43 bits per heavy atom. The second-order valence-corrected chi connectivity index (χ2v) is 7.20. The van der Waals surface area contributed by atoms with Gasteiger partial charge in [0.25, 0.3) is 0 Å². The van der Waals surface area contributed by atoms with Crippen LogP contribution in [0.25, 0.3) is 0 Å². The number of nitrogens with zero attached hydrogens (tertiary/aromatic N) is 1. The normalized spacial score (nSPS) is 16.7. The van der Waals surface area contributed by atoms with E-state index in [9.17, 15) is 8.42 Å². The Labute approximate surface area is 126 Å². The molecule has 1 aliphatic rings. The van der Waals surface area contributed by atoms with Crippen molar-refractivity contribution in [3.05, 3.63) is 18.5 Å². The van der Waals surface area contributed by atoms with Crippen molar-refractivity contribution in [3.8, 4) is 0 Å². The molecular formula is C14H23N3O3S. The van der Waals surface area contributed by atoms with E-state index in [1.54, 1.807) is 19.4 Å². The van der Waals surface area contributed by atoms with Gasteiger partial charge < -0.3 is 10.1 Å². The molecule has 0 spiro atoms. The predicted octanol–water partition coefficient (Wildman–Crippen LogP) is 1.61. The first kappa shape index (κ1) is 16.2. The summed E-state index contributed by atoms with van der Waals surface area (Å²) in [6.45, 7) is 3.70. The molecule has 2 rings (SSSR count). The topological polar surface area (TPSA) is 80.3 Å². The van der Waals surface area contributed by atoms with E-state index in [1.165, 1.54) is 6.20 Å². The van der Waals surface area contributed by atoms with E-state index >= 15 is 0 Å². The van der Waals surface area contributed by atoms with E-state index in [0.29, 0.717) is 25.4 Å². The predicted molar refractivity (Wildman–Crippen MR) is 81.7 cm³/mol. The molecular weight excluding hydrogens is 290 g/mol. The highest BCUT2D eigenvalue weighted by atomic mass is 32.2. The van der Waals surface area contributed by atoms with Crippen LogP contribution in [0.4, 0.5) is 5.69 Å². The van der Waals surface area contributed by atoms with Crippen molar-refractivity contribution in [1.82, 2.24) is 9.71 Å². The largest absolute Gasteiger partial charge is 0.385 e. The number of rotatable bonds is 9. The number of pyridine rings is 1. The van der Waals surface area contributed by atoms with Gasteiger partial charge >= 0.3 is 0 Å². The summed E-state index contributed by atoms with van der Waals surface area (Å²) in [7, 11) is -1.88. The van der Waals surface area contributed by atoms with Gasteiger partial charge in [0.2, 0.25) is 10.0 Å². The zero-order valence-corrected chi connectivity index (χ0v) is 13.4. The van der Waals surface area contributed by atoms with Gasteiger partial charge in [0, 0.05) is 39.2 Å². The lowest BCUT2D eigenvalue weighted by molar-refractivity contribution is 0.173. The zero-order chi connectivity index (χ0) is 15.3. The smallest absolute Gasteiger partial charge is 0.244 e. The van der Waals surface area contributed by atoms with E-state index in [1.807, 2.05) is 6.92 Å². The Morgan fingerprint density at radius 2 is 2.19 bits per heavy atom. The minimum Gasteiger partial charge on any atom is -0.385 e. The third-order valence-electron chi connectivity index (χ3n) is 3.87. The summed E-state index contributed by atoms with van der Waals surface area (Å²) >= 11 is 0. The van der Waals surface area contributed by atoms with Crippen LogP contribution in [0.5, 0.6) is 0 Å². The fourth-order valence-corrected chi connectivity index (χ4v) is 3.55. The fourth-order valence-electron chi connectivity index (χ4n) is 2.27. The number of sulfonamides is 1. The molecule has 0 aliphatic heterocycles. The Balaban J connectivity index is 2.05. The SMILES string of the molecule is CCNc1ccncc1S(=O)(=O)NCC1(CCOC)CC1. The zero-order valence-electron chi connectivity index (χ0n) is 12.6. The Kier molecular flexibility index (Phi) is 5.18. The van der Waals surface area contributed by atoms with E-state index in [-0.39, 0.29) is 10.3 Å². The second kappa shape index (κ2) is 6.72. The lowest BCUT2D eigenvalue weighted by Crippen LogP contribution is -2.31. The van der Waals surface area contributed by atoms with Crippen molar-refractivity contribution in [2.45, 2.75) is 31.1 Å². The van der Waals surface area contributed by atoms with Crippen LogP contribution in [0.2, 0.25) is 0 Å². The molecule has 0 amide bonds. The number of hydrogen-bond acceptors (Lipinski definition) is 5. The van der Waals surface area contributed by atoms with E-state index in [4.69, 9.17) is 4.74 Å². The summed E-state index contributed by atoms with van der Waals surface area (Å²) in [6, 6.07) is 1.68. The van der Waals surface area contributed by atoms with Crippen LogP contribution in [0.15, 0.2) is 23.4 Å². The fraction of sp³-hybridized carbons (Fsp3) is 0.643. The van der Waals surface area contributed by atoms with Crippen LogP contribution in [0.1, 0.15) is 26.2 Å². The van der Waals surface area contributed by atoms with Crippen LogP contribution in [-0.2, 0) is 14.8 Å². The molecule has 2 N–H and O–H groups in total. The maximum atomic E-state index is 12.5. The molecule has 0 unspecified atom stereocenters. The molecule has 0 bridgehead atoms. The van der Waals surface area contributed by atoms with Gasteiger partial charge in [-0.1, -0.05) is 0 Å². The monoisotopic (exact) mass is 313 g/mol. The van der Waals surface area contributed by atoms with Crippen LogP contribution in [0.3, 0.4) is 0 Å². The van der Waals surface area contributed by atoms with Gasteiger partial charge in [-0.15, -0.1) is 0 Å². The molecule has 1 aliphatic carbocycles. The second-order valence-electron chi connectivity index (χ2n) is 5.47. The molecule has 0 atom stereocenters. The Hall–Kier alpha value is -1.18. The molecule has 7 heteroatoms. The standard InChI is InChI=1S/C14H23N3O3S/c1-3-16-12-4-8-15-10-13(12)21(18,19)17-11-14(5-6-14)7-9-20-2/h4,8,10,17H,3,5-7,9,11H2,1-2H3,(H,15,16). The molecule has 118 valence electrons. The number of aromatic nitrogens is 1. The number of hydrogen-bond donors (Lipinski definition) is 2. The molecule has 1 aromatic rings. The van der Waals surface area contributed by atoms with Gasteiger partial charge in [0.15, 0.2) is 0 Å². The number of anilines is 1. The third kappa shape index (κ3) is 4.15. The van der Waals surface area contributed by atoms with Gasteiger partial charge in [-0.2, -0.15) is 0 Å². The average Bonchev–Trinajstić information content (AvgIpc) is 3.25. The first-order valence-corrected chi connectivity index (χ1v) is 8.68. The molecule has 0 aromatic carbocycles. The van der Waals surface area contributed by atoms with Crippen LogP contribution in [-0.4, -0.2) is 40.2 Å². The van der Waals surface area contributed by atoms with Crippen molar-refractivity contribution in [3.63, 3.8) is 0 Å². The molecule has 1 aromatic heterocycles. The third-order valence-corrected chi connectivity index (χ3v) is 5.30. The minimum absolute atomic E-state index is 0.0731. The van der Waals surface area contributed by atoms with E-state index in [0.717, 1.165) is 19.3 Å². The first-order valence-electron chi connectivity index (χ1n) is 7.19. The molecule has 0 saturated heterocycles. The highest BCUT2D eigenvalue weighted by Crippen LogP contribution is 2.48. The summed E-state index contributed by atoms with van der Waals surface area (Å²) in [5.74, 6) is 0. The van der Waals surface area contributed by atoms with Crippen LogP contribution >= 0.6 is 0 Å². The molecule has 0 radical (unpaired) electrons.